The van der Waals surface area contributed by atoms with Crippen molar-refractivity contribution >= 4 is 11.7 Å². The summed E-state index contributed by atoms with van der Waals surface area (Å²) in [4.78, 5) is 11.8. The molecule has 0 heterocycles. The minimum Gasteiger partial charge on any atom is -0.479 e. The number of terminal acetylenes is 1. The first-order chi connectivity index (χ1) is 9.38. The Morgan fingerprint density at radius 1 is 1.55 bits per heavy atom. The van der Waals surface area contributed by atoms with Crippen molar-refractivity contribution in [3.63, 3.8) is 0 Å². The molecule has 0 unspecified atom stereocenters. The lowest BCUT2D eigenvalue weighted by atomic mass is 10.1. The van der Waals surface area contributed by atoms with Gasteiger partial charge in [0.15, 0.2) is 0 Å². The number of benzene rings is 1. The molecule has 6 heteroatoms. The van der Waals surface area contributed by atoms with Gasteiger partial charge in [-0.15, -0.1) is 6.42 Å². The number of aliphatic hydroxyl groups excluding tert-OH is 1. The number of hydrogen-bond acceptors (Lipinski definition) is 3. The number of rotatable bonds is 5. The molecule has 3 N–H and O–H groups in total. The predicted octanol–water partition coefficient (Wildman–Crippen LogP) is 1.73. The summed E-state index contributed by atoms with van der Waals surface area (Å²) in [5.41, 5.74) is -0.636. The second-order valence-electron chi connectivity index (χ2n) is 4.75. The Hall–Kier alpha value is -2.26. The van der Waals surface area contributed by atoms with E-state index in [0.717, 1.165) is 6.07 Å². The van der Waals surface area contributed by atoms with E-state index in [1.165, 1.54) is 12.1 Å². The monoisotopic (exact) mass is 280 g/mol. The van der Waals surface area contributed by atoms with Crippen molar-refractivity contribution in [2.45, 2.75) is 19.4 Å². The van der Waals surface area contributed by atoms with Crippen LogP contribution in [0.25, 0.3) is 0 Å². The van der Waals surface area contributed by atoms with Crippen LogP contribution in [-0.4, -0.2) is 29.9 Å². The van der Waals surface area contributed by atoms with Gasteiger partial charge in [0.1, 0.15) is 18.2 Å². The number of ether oxygens (including phenoxy) is 1. The minimum atomic E-state index is -0.794. The Bertz CT molecular complexity index is 524. The maximum Gasteiger partial charge on any atom is 0.319 e. The van der Waals surface area contributed by atoms with Crippen LogP contribution in [-0.2, 0) is 0 Å². The zero-order valence-corrected chi connectivity index (χ0v) is 11.4. The number of urea groups is 1. The van der Waals surface area contributed by atoms with E-state index in [-0.39, 0.29) is 24.7 Å². The largest absolute Gasteiger partial charge is 0.479 e. The average molecular weight is 280 g/mol. The standard InChI is InChI=1S/C14H17FN2O3/c1-4-7-20-12-6-5-10(15)8-11(12)16-13(19)17-14(2,3)9-18/h1,5-6,8,18H,7,9H2,2-3H3,(H2,16,17,19). The normalized spacial score (nSPS) is 10.6. The highest BCUT2D eigenvalue weighted by Crippen LogP contribution is 2.25. The highest BCUT2D eigenvalue weighted by Gasteiger charge is 2.19. The van der Waals surface area contributed by atoms with Crippen LogP contribution < -0.4 is 15.4 Å². The van der Waals surface area contributed by atoms with E-state index in [1.807, 2.05) is 0 Å². The molecule has 0 saturated heterocycles. The molecular weight excluding hydrogens is 263 g/mol. The zero-order chi connectivity index (χ0) is 15.2. The second-order valence-corrected chi connectivity index (χ2v) is 4.75. The molecule has 0 aromatic heterocycles. The molecular formula is C14H17FN2O3. The summed E-state index contributed by atoms with van der Waals surface area (Å²) < 4.78 is 18.4. The van der Waals surface area contributed by atoms with Gasteiger partial charge in [-0.1, -0.05) is 5.92 Å². The van der Waals surface area contributed by atoms with Crippen LogP contribution >= 0.6 is 0 Å². The number of halogens is 1. The Morgan fingerprint density at radius 2 is 2.25 bits per heavy atom. The van der Waals surface area contributed by atoms with Gasteiger partial charge in [-0.2, -0.15) is 0 Å². The van der Waals surface area contributed by atoms with E-state index < -0.39 is 17.4 Å². The number of carbonyl (C=O) groups excluding carboxylic acids is 1. The molecule has 0 saturated carbocycles. The lowest BCUT2D eigenvalue weighted by Crippen LogP contribution is -2.48. The van der Waals surface area contributed by atoms with E-state index in [2.05, 4.69) is 16.6 Å². The van der Waals surface area contributed by atoms with Gasteiger partial charge in [0.05, 0.1) is 17.8 Å². The maximum atomic E-state index is 13.2. The molecule has 0 aliphatic heterocycles. The van der Waals surface area contributed by atoms with Crippen molar-refractivity contribution in [1.29, 1.82) is 0 Å². The summed E-state index contributed by atoms with van der Waals surface area (Å²) in [5, 5.41) is 14.1. The number of carbonyl (C=O) groups is 1. The van der Waals surface area contributed by atoms with E-state index in [1.54, 1.807) is 13.8 Å². The van der Waals surface area contributed by atoms with Gasteiger partial charge in [0.2, 0.25) is 0 Å². The smallest absolute Gasteiger partial charge is 0.319 e. The highest BCUT2D eigenvalue weighted by atomic mass is 19.1. The number of amides is 2. The van der Waals surface area contributed by atoms with Gasteiger partial charge < -0.3 is 20.5 Å². The quantitative estimate of drug-likeness (QED) is 0.719. The van der Waals surface area contributed by atoms with Crippen LogP contribution in [0.15, 0.2) is 18.2 Å². The van der Waals surface area contributed by atoms with Crippen molar-refractivity contribution in [3.05, 3.63) is 24.0 Å². The molecule has 5 nitrogen and oxygen atoms in total. The minimum absolute atomic E-state index is 0.00403. The summed E-state index contributed by atoms with van der Waals surface area (Å²) in [7, 11) is 0. The number of nitrogens with one attached hydrogen (secondary N) is 2. The Labute approximate surface area is 117 Å². The molecule has 0 radical (unpaired) electrons. The lowest BCUT2D eigenvalue weighted by Gasteiger charge is -2.23. The summed E-state index contributed by atoms with van der Waals surface area (Å²) in [6, 6.07) is 3.11. The van der Waals surface area contributed by atoms with Gasteiger partial charge in [-0.25, -0.2) is 9.18 Å². The van der Waals surface area contributed by atoms with Crippen molar-refractivity contribution in [2.75, 3.05) is 18.5 Å². The van der Waals surface area contributed by atoms with Crippen LogP contribution in [0.5, 0.6) is 5.75 Å². The van der Waals surface area contributed by atoms with E-state index >= 15 is 0 Å². The first-order valence-electron chi connectivity index (χ1n) is 5.94. The van der Waals surface area contributed by atoms with E-state index in [0.29, 0.717) is 0 Å². The van der Waals surface area contributed by atoms with Crippen molar-refractivity contribution in [3.8, 4) is 18.1 Å². The van der Waals surface area contributed by atoms with Crippen LogP contribution in [0.1, 0.15) is 13.8 Å². The van der Waals surface area contributed by atoms with E-state index in [9.17, 15) is 9.18 Å². The van der Waals surface area contributed by atoms with E-state index in [4.69, 9.17) is 16.3 Å². The van der Waals surface area contributed by atoms with Gasteiger partial charge >= 0.3 is 6.03 Å². The van der Waals surface area contributed by atoms with Crippen LogP contribution in [0.3, 0.4) is 0 Å². The fourth-order valence-corrected chi connectivity index (χ4v) is 1.35. The van der Waals surface area contributed by atoms with Crippen molar-refractivity contribution in [2.24, 2.45) is 0 Å². The Balaban J connectivity index is 2.82. The summed E-state index contributed by atoms with van der Waals surface area (Å²) in [6.45, 7) is 3.07. The SMILES string of the molecule is C#CCOc1ccc(F)cc1NC(=O)NC(C)(C)CO. The van der Waals surface area contributed by atoms with Gasteiger partial charge in [-0.05, 0) is 26.0 Å². The third-order valence-corrected chi connectivity index (χ3v) is 2.35. The average Bonchev–Trinajstić information content (AvgIpc) is 2.37. The highest BCUT2D eigenvalue weighted by molar-refractivity contribution is 5.91. The molecule has 1 rings (SSSR count). The first kappa shape index (κ1) is 15.8. The molecule has 0 aliphatic carbocycles. The molecule has 0 spiro atoms. The third-order valence-electron chi connectivity index (χ3n) is 2.35. The molecule has 0 bridgehead atoms. The Morgan fingerprint density at radius 3 is 2.85 bits per heavy atom. The van der Waals surface area contributed by atoms with Gasteiger partial charge in [0, 0.05) is 6.07 Å². The van der Waals surface area contributed by atoms with Crippen LogP contribution in [0.4, 0.5) is 14.9 Å². The molecule has 1 aromatic carbocycles. The number of anilines is 1. The van der Waals surface area contributed by atoms with Crippen molar-refractivity contribution < 1.29 is 19.0 Å². The van der Waals surface area contributed by atoms with Gasteiger partial charge in [-0.3, -0.25) is 0 Å². The van der Waals surface area contributed by atoms with Crippen LogP contribution in [0.2, 0.25) is 0 Å². The maximum absolute atomic E-state index is 13.2. The summed E-state index contributed by atoms with van der Waals surface area (Å²) in [5.74, 6) is 2.03. The summed E-state index contributed by atoms with van der Waals surface area (Å²) >= 11 is 0. The zero-order valence-electron chi connectivity index (χ0n) is 11.4. The van der Waals surface area contributed by atoms with Crippen molar-refractivity contribution in [1.82, 2.24) is 5.32 Å². The predicted molar refractivity (Wildman–Crippen MR) is 74.0 cm³/mol. The molecule has 0 aliphatic rings. The summed E-state index contributed by atoms with van der Waals surface area (Å²) in [6.07, 6.45) is 5.08. The molecule has 108 valence electrons. The fourth-order valence-electron chi connectivity index (χ4n) is 1.35. The molecule has 0 fully saturated rings. The lowest BCUT2D eigenvalue weighted by molar-refractivity contribution is 0.187. The van der Waals surface area contributed by atoms with Crippen LogP contribution in [0, 0.1) is 18.2 Å². The molecule has 20 heavy (non-hydrogen) atoms. The number of hydrogen-bond donors (Lipinski definition) is 3. The first-order valence-corrected chi connectivity index (χ1v) is 5.94. The van der Waals surface area contributed by atoms with Gasteiger partial charge in [0.25, 0.3) is 0 Å². The molecule has 2 amide bonds. The second kappa shape index (κ2) is 6.78. The third kappa shape index (κ3) is 4.78. The topological polar surface area (TPSA) is 70.6 Å². The Kier molecular flexibility index (Phi) is 5.35. The molecule has 0 atom stereocenters. The fraction of sp³-hybridized carbons (Fsp3) is 0.357. The number of aliphatic hydroxyl groups is 1. The molecule has 1 aromatic rings.